The fourth-order valence-corrected chi connectivity index (χ4v) is 2.46. The maximum absolute atomic E-state index is 13.8. The number of hydrogen-bond acceptors (Lipinski definition) is 0. The van der Waals surface area contributed by atoms with Gasteiger partial charge in [0.25, 0.3) is 0 Å². The summed E-state index contributed by atoms with van der Waals surface area (Å²) in [6, 6.07) is 12.7. The van der Waals surface area contributed by atoms with Crippen LogP contribution >= 0.6 is 27.5 Å². The quantitative estimate of drug-likeness (QED) is 0.662. The second-order valence-electron chi connectivity index (χ2n) is 3.94. The zero-order chi connectivity index (χ0) is 12.4. The smallest absolute Gasteiger partial charge is 0.129 e. The molecule has 0 saturated carbocycles. The van der Waals surface area contributed by atoms with Crippen molar-refractivity contribution in [1.82, 2.24) is 0 Å². The Hall–Kier alpha value is -0.860. The number of hydrogen-bond donors (Lipinski definition) is 0. The average molecular weight is 314 g/mol. The fraction of sp³-hybridized carbons (Fsp3) is 0.143. The first-order valence-electron chi connectivity index (χ1n) is 5.23. The summed E-state index contributed by atoms with van der Waals surface area (Å²) in [6.45, 7) is 2.02. The van der Waals surface area contributed by atoms with Crippen LogP contribution in [0.25, 0.3) is 0 Å². The van der Waals surface area contributed by atoms with Crippen molar-refractivity contribution in [3.63, 3.8) is 0 Å². The minimum Gasteiger partial charge on any atom is -0.207 e. The topological polar surface area (TPSA) is 0 Å². The van der Waals surface area contributed by atoms with E-state index in [9.17, 15) is 4.39 Å². The Morgan fingerprint density at radius 2 is 1.76 bits per heavy atom. The van der Waals surface area contributed by atoms with Crippen molar-refractivity contribution in [3.8, 4) is 0 Å². The van der Waals surface area contributed by atoms with Crippen molar-refractivity contribution in [2.24, 2.45) is 0 Å². The highest BCUT2D eigenvalue weighted by atomic mass is 79.9. The Kier molecular flexibility index (Phi) is 3.85. The molecule has 0 nitrogen and oxygen atoms in total. The monoisotopic (exact) mass is 312 g/mol. The molecule has 0 N–H and O–H groups in total. The van der Waals surface area contributed by atoms with Crippen molar-refractivity contribution in [3.05, 3.63) is 70.0 Å². The zero-order valence-corrected chi connectivity index (χ0v) is 11.6. The molecule has 0 aromatic heterocycles. The number of alkyl halides is 1. The van der Waals surface area contributed by atoms with Crippen LogP contribution in [0.1, 0.15) is 21.5 Å². The van der Waals surface area contributed by atoms with E-state index >= 15 is 0 Å². The molecular weight excluding hydrogens is 303 g/mol. The predicted molar refractivity (Wildman–Crippen MR) is 73.4 cm³/mol. The van der Waals surface area contributed by atoms with E-state index in [-0.39, 0.29) is 10.6 Å². The Bertz CT molecular complexity index is 522. The van der Waals surface area contributed by atoms with E-state index in [1.807, 2.05) is 31.2 Å². The molecule has 0 saturated heterocycles. The molecule has 1 unspecified atom stereocenters. The Balaban J connectivity index is 2.36. The molecule has 17 heavy (non-hydrogen) atoms. The van der Waals surface area contributed by atoms with Gasteiger partial charge in [-0.25, -0.2) is 4.39 Å². The summed E-state index contributed by atoms with van der Waals surface area (Å²) < 4.78 is 13.8. The van der Waals surface area contributed by atoms with E-state index in [1.54, 1.807) is 12.1 Å². The Morgan fingerprint density at radius 1 is 1.12 bits per heavy atom. The molecule has 0 fully saturated rings. The van der Waals surface area contributed by atoms with Gasteiger partial charge in [0, 0.05) is 10.6 Å². The van der Waals surface area contributed by atoms with Crippen LogP contribution in [-0.2, 0) is 0 Å². The van der Waals surface area contributed by atoms with E-state index in [1.165, 1.54) is 11.6 Å². The van der Waals surface area contributed by atoms with Crippen LogP contribution in [0.15, 0.2) is 42.5 Å². The molecule has 2 rings (SSSR count). The highest BCUT2D eigenvalue weighted by Crippen LogP contribution is 2.33. The second kappa shape index (κ2) is 5.19. The Labute approximate surface area is 114 Å². The molecule has 0 aliphatic heterocycles. The van der Waals surface area contributed by atoms with Crippen molar-refractivity contribution >= 4 is 27.5 Å². The highest BCUT2D eigenvalue weighted by Gasteiger charge is 2.14. The summed E-state index contributed by atoms with van der Waals surface area (Å²) >= 11 is 9.24. The minimum atomic E-state index is -0.292. The van der Waals surface area contributed by atoms with Crippen molar-refractivity contribution in [2.45, 2.75) is 11.8 Å². The van der Waals surface area contributed by atoms with Gasteiger partial charge in [0.15, 0.2) is 0 Å². The average Bonchev–Trinajstić information content (AvgIpc) is 2.29. The van der Waals surface area contributed by atoms with E-state index in [0.717, 1.165) is 5.56 Å². The number of benzene rings is 2. The maximum Gasteiger partial charge on any atom is 0.129 e. The minimum absolute atomic E-state index is 0.152. The molecule has 0 aliphatic carbocycles. The summed E-state index contributed by atoms with van der Waals surface area (Å²) in [5.74, 6) is -0.292. The van der Waals surface area contributed by atoms with E-state index in [0.29, 0.717) is 10.6 Å². The predicted octanol–water partition coefficient (Wildman–Crippen LogP) is 5.27. The standard InChI is InChI=1S/C14H11BrClF/c1-9-2-4-10(5-3-9)14(15)12-7-6-11(16)8-13(12)17/h2-8,14H,1H3. The first-order valence-corrected chi connectivity index (χ1v) is 6.53. The van der Waals surface area contributed by atoms with Gasteiger partial charge in [-0.1, -0.05) is 63.4 Å². The van der Waals surface area contributed by atoms with Gasteiger partial charge in [-0.3, -0.25) is 0 Å². The molecule has 1 atom stereocenters. The maximum atomic E-state index is 13.8. The van der Waals surface area contributed by atoms with Crippen LogP contribution in [0.3, 0.4) is 0 Å². The van der Waals surface area contributed by atoms with Gasteiger partial charge in [0.2, 0.25) is 0 Å². The normalized spacial score (nSPS) is 12.5. The third kappa shape index (κ3) is 2.88. The summed E-state index contributed by atoms with van der Waals surface area (Å²) in [5, 5.41) is 0.412. The lowest BCUT2D eigenvalue weighted by Gasteiger charge is -2.12. The zero-order valence-electron chi connectivity index (χ0n) is 9.25. The van der Waals surface area contributed by atoms with Crippen molar-refractivity contribution in [1.29, 1.82) is 0 Å². The summed E-state index contributed by atoms with van der Waals surface area (Å²) in [4.78, 5) is -0.152. The molecule has 88 valence electrons. The van der Waals surface area contributed by atoms with Crippen LogP contribution in [0.5, 0.6) is 0 Å². The van der Waals surface area contributed by atoms with Crippen LogP contribution in [0.4, 0.5) is 4.39 Å². The molecule has 0 spiro atoms. The summed E-state index contributed by atoms with van der Waals surface area (Å²) in [6.07, 6.45) is 0. The summed E-state index contributed by atoms with van der Waals surface area (Å²) in [5.41, 5.74) is 2.81. The fourth-order valence-electron chi connectivity index (χ4n) is 1.62. The van der Waals surface area contributed by atoms with Gasteiger partial charge >= 0.3 is 0 Å². The van der Waals surface area contributed by atoms with E-state index in [2.05, 4.69) is 15.9 Å². The molecule has 0 aliphatic rings. The van der Waals surface area contributed by atoms with Gasteiger partial charge < -0.3 is 0 Å². The Morgan fingerprint density at radius 3 is 2.35 bits per heavy atom. The molecular formula is C14H11BrClF. The SMILES string of the molecule is Cc1ccc(C(Br)c2ccc(Cl)cc2F)cc1. The molecule has 0 heterocycles. The van der Waals surface area contributed by atoms with Crippen LogP contribution in [0, 0.1) is 12.7 Å². The van der Waals surface area contributed by atoms with Gasteiger partial charge in [0.1, 0.15) is 5.82 Å². The van der Waals surface area contributed by atoms with Crippen molar-refractivity contribution < 1.29 is 4.39 Å². The third-order valence-electron chi connectivity index (χ3n) is 2.61. The number of rotatable bonds is 2. The highest BCUT2D eigenvalue weighted by molar-refractivity contribution is 9.09. The largest absolute Gasteiger partial charge is 0.207 e. The first kappa shape index (κ1) is 12.6. The van der Waals surface area contributed by atoms with Crippen LogP contribution in [-0.4, -0.2) is 0 Å². The van der Waals surface area contributed by atoms with E-state index in [4.69, 9.17) is 11.6 Å². The van der Waals surface area contributed by atoms with Crippen LogP contribution in [0.2, 0.25) is 5.02 Å². The van der Waals surface area contributed by atoms with Crippen LogP contribution < -0.4 is 0 Å². The number of halogens is 3. The summed E-state index contributed by atoms with van der Waals surface area (Å²) in [7, 11) is 0. The number of aryl methyl sites for hydroxylation is 1. The van der Waals surface area contributed by atoms with Gasteiger partial charge in [-0.2, -0.15) is 0 Å². The molecule has 0 radical (unpaired) electrons. The van der Waals surface area contributed by atoms with Crippen molar-refractivity contribution in [2.75, 3.05) is 0 Å². The van der Waals surface area contributed by atoms with Gasteiger partial charge in [0.05, 0.1) is 4.83 Å². The molecule has 0 bridgehead atoms. The molecule has 2 aromatic carbocycles. The first-order chi connectivity index (χ1) is 8.08. The lowest BCUT2D eigenvalue weighted by Crippen LogP contribution is -1.96. The van der Waals surface area contributed by atoms with Gasteiger partial charge in [-0.15, -0.1) is 0 Å². The molecule has 3 heteroatoms. The second-order valence-corrected chi connectivity index (χ2v) is 5.29. The lowest BCUT2D eigenvalue weighted by molar-refractivity contribution is 0.613. The van der Waals surface area contributed by atoms with Gasteiger partial charge in [-0.05, 0) is 24.6 Å². The third-order valence-corrected chi connectivity index (χ3v) is 3.86. The lowest BCUT2D eigenvalue weighted by atomic mass is 10.0. The molecule has 0 amide bonds. The molecule has 2 aromatic rings. The van der Waals surface area contributed by atoms with E-state index < -0.39 is 0 Å².